The molecule has 0 aromatic rings. The van der Waals surface area contributed by atoms with E-state index in [1.807, 2.05) is 0 Å². The molecule has 1 nitrogen and oxygen atoms in total. The second kappa shape index (κ2) is 3.77. The zero-order chi connectivity index (χ0) is 11.1. The van der Waals surface area contributed by atoms with Gasteiger partial charge in [0.2, 0.25) is 0 Å². The van der Waals surface area contributed by atoms with E-state index in [4.69, 9.17) is 0 Å². The van der Waals surface area contributed by atoms with Crippen molar-refractivity contribution in [2.45, 2.75) is 46.5 Å². The molecule has 0 saturated heterocycles. The van der Waals surface area contributed by atoms with Gasteiger partial charge < -0.3 is 0 Å². The number of fused-ring (bicyclic) bond motifs is 1. The number of carbonyl (C=O) groups excluding carboxylic acids is 1. The van der Waals surface area contributed by atoms with Crippen LogP contribution in [0.2, 0.25) is 0 Å². The van der Waals surface area contributed by atoms with Crippen molar-refractivity contribution in [3.05, 3.63) is 12.2 Å². The smallest absolute Gasteiger partial charge is 0.139 e. The number of hydrogen-bond acceptors (Lipinski definition) is 1. The van der Waals surface area contributed by atoms with Crippen LogP contribution in [0.1, 0.15) is 46.5 Å². The molecule has 0 aromatic heterocycles. The summed E-state index contributed by atoms with van der Waals surface area (Å²) < 4.78 is 0. The molecule has 2 aliphatic carbocycles. The van der Waals surface area contributed by atoms with E-state index in [9.17, 15) is 4.79 Å². The standard InChI is InChI=1S/C14H22O/c1-4-10-9-14(2,3)12-8-6-5-7-11(12)13(10)15/h5-6,10-12H,4,7-9H2,1-3H3/t10?,11-,12+/m0/s1. The van der Waals surface area contributed by atoms with Crippen molar-refractivity contribution in [1.29, 1.82) is 0 Å². The molecule has 3 atom stereocenters. The van der Waals surface area contributed by atoms with Crippen molar-refractivity contribution in [3.63, 3.8) is 0 Å². The molecular weight excluding hydrogens is 184 g/mol. The van der Waals surface area contributed by atoms with Gasteiger partial charge in [-0.2, -0.15) is 0 Å². The Bertz CT molecular complexity index is 288. The van der Waals surface area contributed by atoms with Crippen LogP contribution in [0.25, 0.3) is 0 Å². The van der Waals surface area contributed by atoms with Crippen LogP contribution < -0.4 is 0 Å². The predicted molar refractivity (Wildman–Crippen MR) is 62.5 cm³/mol. The highest BCUT2D eigenvalue weighted by Crippen LogP contribution is 2.49. The predicted octanol–water partition coefficient (Wildman–Crippen LogP) is 3.59. The maximum atomic E-state index is 12.2. The Morgan fingerprint density at radius 3 is 2.67 bits per heavy atom. The summed E-state index contributed by atoms with van der Waals surface area (Å²) in [5, 5.41) is 0. The zero-order valence-corrected chi connectivity index (χ0v) is 10.1. The summed E-state index contributed by atoms with van der Waals surface area (Å²) in [7, 11) is 0. The van der Waals surface area contributed by atoms with Gasteiger partial charge in [-0.25, -0.2) is 0 Å². The van der Waals surface area contributed by atoms with E-state index in [1.54, 1.807) is 0 Å². The first-order valence-electron chi connectivity index (χ1n) is 6.25. The third-order valence-corrected chi connectivity index (χ3v) is 4.47. The number of allylic oxidation sites excluding steroid dienone is 2. The van der Waals surface area contributed by atoms with Crippen LogP contribution in [0.3, 0.4) is 0 Å². The molecule has 2 aliphatic rings. The van der Waals surface area contributed by atoms with Gasteiger partial charge in [-0.3, -0.25) is 4.79 Å². The molecule has 1 heteroatoms. The molecule has 0 amide bonds. The van der Waals surface area contributed by atoms with Gasteiger partial charge in [-0.15, -0.1) is 0 Å². The largest absolute Gasteiger partial charge is 0.299 e. The summed E-state index contributed by atoms with van der Waals surface area (Å²) in [6, 6.07) is 0. The normalized spacial score (nSPS) is 38.9. The molecule has 0 radical (unpaired) electrons. The van der Waals surface area contributed by atoms with Crippen LogP contribution in [0.5, 0.6) is 0 Å². The minimum absolute atomic E-state index is 0.323. The quantitative estimate of drug-likeness (QED) is 0.599. The van der Waals surface area contributed by atoms with Crippen molar-refractivity contribution in [1.82, 2.24) is 0 Å². The molecule has 0 bridgehead atoms. The van der Waals surface area contributed by atoms with Crippen LogP contribution in [-0.4, -0.2) is 5.78 Å². The first kappa shape index (κ1) is 10.9. The third kappa shape index (κ3) is 1.77. The molecule has 0 heterocycles. The summed E-state index contributed by atoms with van der Waals surface area (Å²) in [6.07, 6.45) is 8.69. The Labute approximate surface area is 92.9 Å². The molecule has 0 aromatic carbocycles. The molecule has 0 N–H and O–H groups in total. The van der Waals surface area contributed by atoms with Gasteiger partial charge in [0, 0.05) is 11.8 Å². The zero-order valence-electron chi connectivity index (χ0n) is 10.1. The van der Waals surface area contributed by atoms with Crippen LogP contribution >= 0.6 is 0 Å². The number of Topliss-reactive ketones (excluding diaryl/α,β-unsaturated/α-hetero) is 1. The highest BCUT2D eigenvalue weighted by molar-refractivity contribution is 5.85. The molecule has 1 saturated carbocycles. The van der Waals surface area contributed by atoms with Gasteiger partial charge in [-0.05, 0) is 37.0 Å². The molecule has 15 heavy (non-hydrogen) atoms. The first-order chi connectivity index (χ1) is 7.06. The Morgan fingerprint density at radius 1 is 1.33 bits per heavy atom. The van der Waals surface area contributed by atoms with E-state index >= 15 is 0 Å². The van der Waals surface area contributed by atoms with E-state index in [0.717, 1.165) is 25.7 Å². The Morgan fingerprint density at radius 2 is 2.00 bits per heavy atom. The second-order valence-electron chi connectivity index (χ2n) is 5.86. The topological polar surface area (TPSA) is 17.1 Å². The lowest BCUT2D eigenvalue weighted by molar-refractivity contribution is -0.137. The van der Waals surface area contributed by atoms with Gasteiger partial charge in [0.1, 0.15) is 5.78 Å². The summed E-state index contributed by atoms with van der Waals surface area (Å²) in [4.78, 5) is 12.2. The van der Waals surface area contributed by atoms with Crippen LogP contribution in [0.15, 0.2) is 12.2 Å². The van der Waals surface area contributed by atoms with Crippen molar-refractivity contribution in [2.24, 2.45) is 23.2 Å². The minimum atomic E-state index is 0.323. The van der Waals surface area contributed by atoms with E-state index in [2.05, 4.69) is 32.9 Å². The maximum Gasteiger partial charge on any atom is 0.139 e. The monoisotopic (exact) mass is 206 g/mol. The summed E-state index contributed by atoms with van der Waals surface area (Å²) in [5.41, 5.74) is 0.351. The highest BCUT2D eigenvalue weighted by atomic mass is 16.1. The molecular formula is C14H22O. The fourth-order valence-corrected chi connectivity index (χ4v) is 3.53. The number of carbonyl (C=O) groups is 1. The number of hydrogen-bond donors (Lipinski definition) is 0. The van der Waals surface area contributed by atoms with E-state index in [0.29, 0.717) is 29.0 Å². The molecule has 2 rings (SSSR count). The van der Waals surface area contributed by atoms with Crippen LogP contribution in [0.4, 0.5) is 0 Å². The SMILES string of the molecule is CCC1CC(C)(C)[C@@H]2CC=CC[C@@H]2C1=O. The van der Waals surface area contributed by atoms with Gasteiger partial charge in [0.25, 0.3) is 0 Å². The maximum absolute atomic E-state index is 12.2. The molecule has 0 spiro atoms. The van der Waals surface area contributed by atoms with E-state index in [-0.39, 0.29) is 0 Å². The minimum Gasteiger partial charge on any atom is -0.299 e. The third-order valence-electron chi connectivity index (χ3n) is 4.47. The molecule has 1 fully saturated rings. The Balaban J connectivity index is 2.27. The highest BCUT2D eigenvalue weighted by Gasteiger charge is 2.46. The van der Waals surface area contributed by atoms with Crippen LogP contribution in [-0.2, 0) is 4.79 Å². The lowest BCUT2D eigenvalue weighted by Gasteiger charge is -2.47. The molecule has 84 valence electrons. The van der Waals surface area contributed by atoms with Gasteiger partial charge in [0.05, 0.1) is 0 Å². The van der Waals surface area contributed by atoms with Crippen molar-refractivity contribution in [3.8, 4) is 0 Å². The van der Waals surface area contributed by atoms with Crippen LogP contribution in [0, 0.1) is 23.2 Å². The molecule has 1 unspecified atom stereocenters. The Hall–Kier alpha value is -0.590. The van der Waals surface area contributed by atoms with Gasteiger partial charge >= 0.3 is 0 Å². The fraction of sp³-hybridized carbons (Fsp3) is 0.786. The molecule has 0 aliphatic heterocycles. The second-order valence-corrected chi connectivity index (χ2v) is 5.86. The van der Waals surface area contributed by atoms with Crippen molar-refractivity contribution < 1.29 is 4.79 Å². The van der Waals surface area contributed by atoms with Gasteiger partial charge in [0.15, 0.2) is 0 Å². The first-order valence-corrected chi connectivity index (χ1v) is 6.25. The number of ketones is 1. The lowest BCUT2D eigenvalue weighted by atomic mass is 9.56. The summed E-state index contributed by atoms with van der Waals surface area (Å²) in [6.45, 7) is 6.84. The van der Waals surface area contributed by atoms with E-state index < -0.39 is 0 Å². The van der Waals surface area contributed by atoms with Crippen molar-refractivity contribution >= 4 is 5.78 Å². The average molecular weight is 206 g/mol. The van der Waals surface area contributed by atoms with Crippen molar-refractivity contribution in [2.75, 3.05) is 0 Å². The Kier molecular flexibility index (Phi) is 2.74. The summed E-state index contributed by atoms with van der Waals surface area (Å²) >= 11 is 0. The summed E-state index contributed by atoms with van der Waals surface area (Å²) in [5.74, 6) is 1.79. The number of rotatable bonds is 1. The average Bonchev–Trinajstić information content (AvgIpc) is 2.24. The fourth-order valence-electron chi connectivity index (χ4n) is 3.53. The van der Waals surface area contributed by atoms with E-state index in [1.165, 1.54) is 0 Å². The van der Waals surface area contributed by atoms with Gasteiger partial charge in [-0.1, -0.05) is 32.9 Å². The lowest BCUT2D eigenvalue weighted by Crippen LogP contribution is -2.45.